The van der Waals surface area contributed by atoms with Crippen LogP contribution in [0.4, 0.5) is 11.7 Å². The smallest absolute Gasteiger partial charge is 0.295 e. The maximum absolute atomic E-state index is 5.84. The highest BCUT2D eigenvalue weighted by atomic mass is 16.5. The Kier molecular flexibility index (Phi) is 2.63. The highest BCUT2D eigenvalue weighted by Gasteiger charge is 2.29. The molecule has 0 spiro atoms. The third kappa shape index (κ3) is 2.01. The molecule has 3 rings (SSSR count). The zero-order chi connectivity index (χ0) is 12.6. The van der Waals surface area contributed by atoms with Gasteiger partial charge in [-0.25, -0.2) is 0 Å². The van der Waals surface area contributed by atoms with Crippen LogP contribution in [0.15, 0.2) is 22.6 Å². The Morgan fingerprint density at radius 2 is 2.39 bits per heavy atom. The molecule has 3 N–H and O–H groups in total. The monoisotopic (exact) mass is 247 g/mol. The predicted octanol–water partition coefficient (Wildman–Crippen LogP) is 2.39. The number of aromatic nitrogens is 1. The molecule has 1 saturated heterocycles. The lowest BCUT2D eigenvalue weighted by molar-refractivity contribution is 0.0311. The number of fused-ring (bicyclic) bond motifs is 1. The van der Waals surface area contributed by atoms with Crippen LogP contribution in [0, 0.1) is 0 Å². The predicted molar refractivity (Wildman–Crippen MR) is 70.5 cm³/mol. The van der Waals surface area contributed by atoms with Gasteiger partial charge in [-0.2, -0.15) is 4.98 Å². The van der Waals surface area contributed by atoms with Crippen molar-refractivity contribution in [3.63, 3.8) is 0 Å². The standard InChI is InChI=1S/C13H17N3O2/c1-13(6-3-7-17-13)8-15-12-16-11-9(14)4-2-5-10(11)18-12/h2,4-5H,3,6-8,14H2,1H3,(H,15,16). The molecular weight excluding hydrogens is 230 g/mol. The van der Waals surface area contributed by atoms with Crippen LogP contribution in [-0.2, 0) is 4.74 Å². The summed E-state index contributed by atoms with van der Waals surface area (Å²) in [7, 11) is 0. The summed E-state index contributed by atoms with van der Waals surface area (Å²) < 4.78 is 11.3. The number of ether oxygens (including phenoxy) is 1. The van der Waals surface area contributed by atoms with Crippen molar-refractivity contribution in [3.05, 3.63) is 18.2 Å². The molecule has 2 heterocycles. The van der Waals surface area contributed by atoms with Crippen LogP contribution in [0.1, 0.15) is 19.8 Å². The van der Waals surface area contributed by atoms with Gasteiger partial charge in [-0.3, -0.25) is 0 Å². The Morgan fingerprint density at radius 3 is 3.11 bits per heavy atom. The number of oxazole rings is 1. The van der Waals surface area contributed by atoms with Gasteiger partial charge in [0, 0.05) is 13.2 Å². The molecule has 5 nitrogen and oxygen atoms in total. The lowest BCUT2D eigenvalue weighted by atomic mass is 10.0. The molecule has 5 heteroatoms. The van der Waals surface area contributed by atoms with Crippen molar-refractivity contribution in [3.8, 4) is 0 Å². The normalized spacial score (nSPS) is 23.6. The van der Waals surface area contributed by atoms with Crippen molar-refractivity contribution in [2.45, 2.75) is 25.4 Å². The number of nitrogens with zero attached hydrogens (tertiary/aromatic N) is 1. The Bertz CT molecular complexity index is 558. The van der Waals surface area contributed by atoms with Crippen LogP contribution in [0.2, 0.25) is 0 Å². The molecule has 0 radical (unpaired) electrons. The van der Waals surface area contributed by atoms with Crippen molar-refractivity contribution in [1.82, 2.24) is 4.98 Å². The third-order valence-corrected chi connectivity index (χ3v) is 3.36. The van der Waals surface area contributed by atoms with Crippen LogP contribution in [0.5, 0.6) is 0 Å². The SMILES string of the molecule is CC1(CNc2nc3c(N)cccc3o2)CCCO1. The van der Waals surface area contributed by atoms with Gasteiger partial charge in [-0.05, 0) is 31.9 Å². The Balaban J connectivity index is 1.77. The topological polar surface area (TPSA) is 73.3 Å². The number of rotatable bonds is 3. The van der Waals surface area contributed by atoms with Crippen LogP contribution < -0.4 is 11.1 Å². The molecular formula is C13H17N3O2. The second-order valence-corrected chi connectivity index (χ2v) is 4.97. The Morgan fingerprint density at radius 1 is 1.50 bits per heavy atom. The van der Waals surface area contributed by atoms with Gasteiger partial charge in [-0.15, -0.1) is 0 Å². The first-order valence-corrected chi connectivity index (χ1v) is 6.19. The van der Waals surface area contributed by atoms with Crippen LogP contribution in [0.25, 0.3) is 11.1 Å². The average molecular weight is 247 g/mol. The number of nitrogen functional groups attached to an aromatic ring is 1. The van der Waals surface area contributed by atoms with Gasteiger partial charge < -0.3 is 20.2 Å². The first-order chi connectivity index (χ1) is 8.66. The van der Waals surface area contributed by atoms with Gasteiger partial charge in [0.1, 0.15) is 5.52 Å². The molecule has 1 fully saturated rings. The maximum atomic E-state index is 5.84. The zero-order valence-corrected chi connectivity index (χ0v) is 10.4. The van der Waals surface area contributed by atoms with Gasteiger partial charge in [-0.1, -0.05) is 6.07 Å². The van der Waals surface area contributed by atoms with Gasteiger partial charge in [0.2, 0.25) is 0 Å². The first kappa shape index (κ1) is 11.3. The number of benzene rings is 1. The van der Waals surface area contributed by atoms with Gasteiger partial charge in [0.25, 0.3) is 6.01 Å². The van der Waals surface area contributed by atoms with E-state index in [2.05, 4.69) is 17.2 Å². The first-order valence-electron chi connectivity index (χ1n) is 6.19. The summed E-state index contributed by atoms with van der Waals surface area (Å²) in [5, 5.41) is 3.19. The minimum atomic E-state index is -0.119. The summed E-state index contributed by atoms with van der Waals surface area (Å²) >= 11 is 0. The second kappa shape index (κ2) is 4.17. The summed E-state index contributed by atoms with van der Waals surface area (Å²) in [6.07, 6.45) is 2.17. The minimum Gasteiger partial charge on any atom is -0.423 e. The highest BCUT2D eigenvalue weighted by Crippen LogP contribution is 2.27. The van der Waals surface area contributed by atoms with Crippen LogP contribution >= 0.6 is 0 Å². The molecule has 18 heavy (non-hydrogen) atoms. The lowest BCUT2D eigenvalue weighted by Crippen LogP contribution is -2.32. The number of hydrogen-bond acceptors (Lipinski definition) is 5. The molecule has 2 aromatic rings. The number of anilines is 2. The molecule has 96 valence electrons. The largest absolute Gasteiger partial charge is 0.423 e. The maximum Gasteiger partial charge on any atom is 0.295 e. The van der Waals surface area contributed by atoms with Crippen molar-refractivity contribution < 1.29 is 9.15 Å². The number of nitrogens with two attached hydrogens (primary N) is 1. The van der Waals surface area contributed by atoms with E-state index < -0.39 is 0 Å². The molecule has 0 saturated carbocycles. The number of nitrogens with one attached hydrogen (secondary N) is 1. The second-order valence-electron chi connectivity index (χ2n) is 4.97. The zero-order valence-electron chi connectivity index (χ0n) is 10.4. The fourth-order valence-corrected chi connectivity index (χ4v) is 2.28. The Hall–Kier alpha value is -1.75. The van der Waals surface area contributed by atoms with Crippen molar-refractivity contribution in [2.24, 2.45) is 0 Å². The highest BCUT2D eigenvalue weighted by molar-refractivity contribution is 5.86. The molecule has 0 amide bonds. The van der Waals surface area contributed by atoms with E-state index in [4.69, 9.17) is 14.9 Å². The minimum absolute atomic E-state index is 0.119. The van der Waals surface area contributed by atoms with Crippen LogP contribution in [0.3, 0.4) is 0 Å². The van der Waals surface area contributed by atoms with E-state index >= 15 is 0 Å². The van der Waals surface area contributed by atoms with Crippen molar-refractivity contribution >= 4 is 22.8 Å². The molecule has 1 atom stereocenters. The van der Waals surface area contributed by atoms with Crippen LogP contribution in [-0.4, -0.2) is 23.7 Å². The molecule has 1 unspecified atom stereocenters. The fourth-order valence-electron chi connectivity index (χ4n) is 2.28. The molecule has 1 aromatic carbocycles. The average Bonchev–Trinajstić information content (AvgIpc) is 2.94. The van der Waals surface area contributed by atoms with Gasteiger partial charge in [0.15, 0.2) is 5.58 Å². The summed E-state index contributed by atoms with van der Waals surface area (Å²) in [6.45, 7) is 3.63. The molecule has 1 aromatic heterocycles. The van der Waals surface area contributed by atoms with E-state index in [0.717, 1.165) is 19.4 Å². The van der Waals surface area contributed by atoms with E-state index in [9.17, 15) is 0 Å². The van der Waals surface area contributed by atoms with Crippen molar-refractivity contribution in [1.29, 1.82) is 0 Å². The van der Waals surface area contributed by atoms with E-state index in [1.807, 2.05) is 18.2 Å². The molecule has 0 aliphatic carbocycles. The lowest BCUT2D eigenvalue weighted by Gasteiger charge is -2.22. The molecule has 1 aliphatic rings. The van der Waals surface area contributed by atoms with E-state index in [0.29, 0.717) is 29.3 Å². The number of para-hydroxylation sites is 1. The summed E-state index contributed by atoms with van der Waals surface area (Å²) in [5.41, 5.74) is 7.76. The summed E-state index contributed by atoms with van der Waals surface area (Å²) in [6, 6.07) is 6.03. The van der Waals surface area contributed by atoms with Gasteiger partial charge in [0.05, 0.1) is 11.3 Å². The van der Waals surface area contributed by atoms with Gasteiger partial charge >= 0.3 is 0 Å². The fraction of sp³-hybridized carbons (Fsp3) is 0.462. The number of hydrogen-bond donors (Lipinski definition) is 2. The molecule has 0 bridgehead atoms. The van der Waals surface area contributed by atoms with E-state index in [-0.39, 0.29) is 5.60 Å². The van der Waals surface area contributed by atoms with Crippen molar-refractivity contribution in [2.75, 3.05) is 24.2 Å². The quantitative estimate of drug-likeness (QED) is 0.815. The Labute approximate surface area is 105 Å². The molecule has 1 aliphatic heterocycles. The van der Waals surface area contributed by atoms with E-state index in [1.54, 1.807) is 0 Å². The van der Waals surface area contributed by atoms with E-state index in [1.165, 1.54) is 0 Å². The summed E-state index contributed by atoms with van der Waals surface area (Å²) in [4.78, 5) is 4.35. The third-order valence-electron chi connectivity index (χ3n) is 3.36. The summed E-state index contributed by atoms with van der Waals surface area (Å²) in [5.74, 6) is 0.